The van der Waals surface area contributed by atoms with E-state index >= 15 is 0 Å². The smallest absolute Gasteiger partial charge is 0.338 e. The maximum absolute atomic E-state index is 12.4. The minimum Gasteiger partial charge on any atom is -0.338 e. The number of amides is 2. The van der Waals surface area contributed by atoms with Crippen LogP contribution in [0.2, 0.25) is 0 Å². The third-order valence-corrected chi connectivity index (χ3v) is 5.20. The number of halogens is 3. The first-order chi connectivity index (χ1) is 11.1. The Morgan fingerprint density at radius 2 is 2.17 bits per heavy atom. The molecule has 24 heavy (non-hydrogen) atoms. The average Bonchev–Trinajstić information content (AvgIpc) is 3.01. The Kier molecular flexibility index (Phi) is 6.14. The fourth-order valence-electron chi connectivity index (χ4n) is 3.12. The van der Waals surface area contributed by atoms with Crippen molar-refractivity contribution in [2.45, 2.75) is 39.4 Å². The second kappa shape index (κ2) is 7.74. The minimum absolute atomic E-state index is 0.0681. The van der Waals surface area contributed by atoms with Crippen molar-refractivity contribution in [2.75, 3.05) is 26.2 Å². The predicted molar refractivity (Wildman–Crippen MR) is 89.3 cm³/mol. The summed E-state index contributed by atoms with van der Waals surface area (Å²) >= 11 is 1.69. The summed E-state index contributed by atoms with van der Waals surface area (Å²) in [4.78, 5) is 15.8. The van der Waals surface area contributed by atoms with E-state index in [2.05, 4.69) is 16.7 Å². The van der Waals surface area contributed by atoms with Crippen molar-refractivity contribution < 1.29 is 18.0 Å². The number of hydrogen-bond donors (Lipinski definition) is 2. The van der Waals surface area contributed by atoms with Crippen LogP contribution in [0.1, 0.15) is 34.7 Å². The molecule has 2 N–H and O–H groups in total. The highest BCUT2D eigenvalue weighted by molar-refractivity contribution is 7.12. The van der Waals surface area contributed by atoms with Crippen molar-refractivity contribution in [1.82, 2.24) is 15.5 Å². The summed E-state index contributed by atoms with van der Waals surface area (Å²) in [5.41, 5.74) is 1.10. The van der Waals surface area contributed by atoms with Gasteiger partial charge >= 0.3 is 12.2 Å². The lowest BCUT2D eigenvalue weighted by atomic mass is 10.1. The Morgan fingerprint density at radius 1 is 1.46 bits per heavy atom. The van der Waals surface area contributed by atoms with E-state index in [1.807, 2.05) is 20.8 Å². The molecule has 2 unspecified atom stereocenters. The highest BCUT2D eigenvalue weighted by Crippen LogP contribution is 2.26. The van der Waals surface area contributed by atoms with Gasteiger partial charge in [-0.15, -0.1) is 11.3 Å². The maximum atomic E-state index is 12.4. The Labute approximate surface area is 144 Å². The third kappa shape index (κ3) is 5.66. The van der Waals surface area contributed by atoms with Crippen LogP contribution in [0.3, 0.4) is 0 Å². The topological polar surface area (TPSA) is 44.4 Å². The van der Waals surface area contributed by atoms with E-state index in [4.69, 9.17) is 0 Å². The van der Waals surface area contributed by atoms with Gasteiger partial charge in [0.1, 0.15) is 0 Å². The summed E-state index contributed by atoms with van der Waals surface area (Å²) in [5.74, 6) is 0.0681. The number of likely N-dealkylation sites (tertiary alicyclic amines) is 1. The molecule has 0 radical (unpaired) electrons. The van der Waals surface area contributed by atoms with Gasteiger partial charge in [0.15, 0.2) is 0 Å². The van der Waals surface area contributed by atoms with Crippen LogP contribution in [-0.4, -0.2) is 43.3 Å². The number of thiophene rings is 1. The molecule has 0 saturated carbocycles. The van der Waals surface area contributed by atoms with Gasteiger partial charge in [0.25, 0.3) is 0 Å². The number of urea groups is 1. The number of carbonyl (C=O) groups excluding carboxylic acids is 1. The van der Waals surface area contributed by atoms with Gasteiger partial charge in [-0.05, 0) is 51.3 Å². The molecule has 1 aromatic heterocycles. The molecule has 0 aliphatic carbocycles. The van der Waals surface area contributed by atoms with Crippen molar-refractivity contribution in [3.8, 4) is 0 Å². The van der Waals surface area contributed by atoms with Crippen molar-refractivity contribution >= 4 is 17.4 Å². The molecule has 2 rings (SSSR count). The zero-order chi connectivity index (χ0) is 17.9. The molecule has 2 atom stereocenters. The Bertz CT molecular complexity index is 573. The van der Waals surface area contributed by atoms with Crippen LogP contribution >= 0.6 is 11.3 Å². The number of alkyl halides is 3. The van der Waals surface area contributed by atoms with Gasteiger partial charge in [0, 0.05) is 22.8 Å². The molecule has 1 aromatic rings. The summed E-state index contributed by atoms with van der Waals surface area (Å²) in [6.07, 6.45) is -3.49. The van der Waals surface area contributed by atoms with Crippen molar-refractivity contribution in [3.05, 3.63) is 21.4 Å². The average molecular weight is 363 g/mol. The standard InChI is InChI=1S/C16H24F3N3OS/c1-10-6-14(12(3)24-10)11(2)21-15(23)20-7-13-4-5-22(8-13)9-16(17,18)19/h6,11,13H,4-5,7-9H2,1-3H3,(H2,20,21,23). The first-order valence-electron chi connectivity index (χ1n) is 8.04. The quantitative estimate of drug-likeness (QED) is 0.839. The molecule has 1 fully saturated rings. The summed E-state index contributed by atoms with van der Waals surface area (Å²) in [7, 11) is 0. The summed E-state index contributed by atoms with van der Waals surface area (Å²) in [6.45, 7) is 6.31. The molecule has 0 bridgehead atoms. The van der Waals surface area contributed by atoms with Crippen LogP contribution in [0, 0.1) is 19.8 Å². The number of nitrogens with zero attached hydrogens (tertiary/aromatic N) is 1. The van der Waals surface area contributed by atoms with E-state index in [1.165, 1.54) is 14.7 Å². The van der Waals surface area contributed by atoms with Crippen LogP contribution in [-0.2, 0) is 0 Å². The van der Waals surface area contributed by atoms with Crippen LogP contribution in [0.15, 0.2) is 6.07 Å². The molecular formula is C16H24F3N3OS. The maximum Gasteiger partial charge on any atom is 0.401 e. The lowest BCUT2D eigenvalue weighted by Gasteiger charge is -2.19. The van der Waals surface area contributed by atoms with Gasteiger partial charge in [0.2, 0.25) is 0 Å². The number of hydrogen-bond acceptors (Lipinski definition) is 3. The number of aryl methyl sites for hydroxylation is 2. The van der Waals surface area contributed by atoms with Crippen molar-refractivity contribution in [3.63, 3.8) is 0 Å². The minimum atomic E-state index is -4.16. The van der Waals surface area contributed by atoms with Gasteiger partial charge in [-0.2, -0.15) is 13.2 Å². The molecule has 0 aromatic carbocycles. The first-order valence-corrected chi connectivity index (χ1v) is 8.86. The number of nitrogens with one attached hydrogen (secondary N) is 2. The molecule has 0 spiro atoms. The predicted octanol–water partition coefficient (Wildman–Crippen LogP) is 3.61. The Morgan fingerprint density at radius 3 is 2.75 bits per heavy atom. The van der Waals surface area contributed by atoms with Gasteiger partial charge in [-0.25, -0.2) is 4.79 Å². The van der Waals surface area contributed by atoms with Crippen LogP contribution < -0.4 is 10.6 Å². The highest BCUT2D eigenvalue weighted by Gasteiger charge is 2.34. The zero-order valence-corrected chi connectivity index (χ0v) is 15.0. The van der Waals surface area contributed by atoms with Gasteiger partial charge in [-0.1, -0.05) is 0 Å². The molecule has 136 valence electrons. The molecule has 2 amide bonds. The molecule has 2 heterocycles. The largest absolute Gasteiger partial charge is 0.401 e. The van der Waals surface area contributed by atoms with E-state index < -0.39 is 12.7 Å². The van der Waals surface area contributed by atoms with Crippen LogP contribution in [0.25, 0.3) is 0 Å². The summed E-state index contributed by atoms with van der Waals surface area (Å²) in [5, 5.41) is 5.67. The van der Waals surface area contributed by atoms with Crippen LogP contribution in [0.5, 0.6) is 0 Å². The van der Waals surface area contributed by atoms with Gasteiger partial charge in [0.05, 0.1) is 12.6 Å². The summed E-state index contributed by atoms with van der Waals surface area (Å²) in [6, 6.07) is 1.69. The first kappa shape index (κ1) is 19.1. The molecular weight excluding hydrogens is 339 g/mol. The van der Waals surface area contributed by atoms with E-state index in [9.17, 15) is 18.0 Å². The molecule has 1 aliphatic heterocycles. The number of carbonyl (C=O) groups is 1. The molecule has 1 aliphatic rings. The lowest BCUT2D eigenvalue weighted by molar-refractivity contribution is -0.143. The van der Waals surface area contributed by atoms with E-state index in [1.54, 1.807) is 11.3 Å². The SMILES string of the molecule is Cc1cc(C(C)NC(=O)NCC2CCN(CC(F)(F)F)C2)c(C)s1. The van der Waals surface area contributed by atoms with Gasteiger partial charge < -0.3 is 10.6 Å². The summed E-state index contributed by atoms with van der Waals surface area (Å²) < 4.78 is 37.1. The van der Waals surface area contributed by atoms with Crippen LogP contribution in [0.4, 0.5) is 18.0 Å². The second-order valence-corrected chi connectivity index (χ2v) is 7.91. The molecule has 1 saturated heterocycles. The normalized spacial score (nSPS) is 20.2. The van der Waals surface area contributed by atoms with E-state index in [0.29, 0.717) is 26.1 Å². The third-order valence-electron chi connectivity index (χ3n) is 4.22. The fraction of sp³-hybridized carbons (Fsp3) is 0.688. The Hall–Kier alpha value is -1.28. The number of rotatable bonds is 5. The monoisotopic (exact) mass is 363 g/mol. The van der Waals surface area contributed by atoms with Gasteiger partial charge in [-0.3, -0.25) is 4.90 Å². The molecule has 8 heteroatoms. The van der Waals surface area contributed by atoms with E-state index in [0.717, 1.165) is 5.56 Å². The zero-order valence-electron chi connectivity index (χ0n) is 14.2. The van der Waals surface area contributed by atoms with Crippen molar-refractivity contribution in [2.24, 2.45) is 5.92 Å². The van der Waals surface area contributed by atoms with E-state index in [-0.39, 0.29) is 18.0 Å². The molecule has 4 nitrogen and oxygen atoms in total. The second-order valence-electron chi connectivity index (χ2n) is 6.45. The highest BCUT2D eigenvalue weighted by atomic mass is 32.1. The lowest BCUT2D eigenvalue weighted by Crippen LogP contribution is -2.40. The Balaban J connectivity index is 1.73. The van der Waals surface area contributed by atoms with Crippen molar-refractivity contribution in [1.29, 1.82) is 0 Å². The fourth-order valence-corrected chi connectivity index (χ4v) is 4.14.